The molecule has 0 aliphatic heterocycles. The summed E-state index contributed by atoms with van der Waals surface area (Å²) < 4.78 is 0. The smallest absolute Gasteiger partial charge is 0.104 e. The maximum atomic E-state index is 7.09. The first-order chi connectivity index (χ1) is 9.32. The maximum Gasteiger partial charge on any atom is 0.104 e. The first-order valence-electron chi connectivity index (χ1n) is 6.47. The lowest BCUT2D eigenvalue weighted by molar-refractivity contribution is 0.618. The van der Waals surface area contributed by atoms with E-state index < -0.39 is 4.87 Å². The van der Waals surface area contributed by atoms with Gasteiger partial charge in [-0.2, -0.15) is 0 Å². The van der Waals surface area contributed by atoms with E-state index in [1.165, 1.54) is 0 Å². The van der Waals surface area contributed by atoms with Gasteiger partial charge in [0.25, 0.3) is 0 Å². The van der Waals surface area contributed by atoms with Gasteiger partial charge in [0.15, 0.2) is 0 Å². The largest absolute Gasteiger partial charge is 0.108 e. The maximum absolute atomic E-state index is 7.09. The summed E-state index contributed by atoms with van der Waals surface area (Å²) in [7, 11) is 0. The van der Waals surface area contributed by atoms with Crippen LogP contribution in [0.1, 0.15) is 11.1 Å². The molecule has 19 heavy (non-hydrogen) atoms. The highest BCUT2D eigenvalue weighted by atomic mass is 35.5. The molecule has 0 nitrogen and oxygen atoms in total. The average Bonchev–Trinajstić information content (AvgIpc) is 3.03. The molecule has 94 valence electrons. The minimum absolute atomic E-state index is 0.180. The van der Waals surface area contributed by atoms with E-state index in [0.717, 1.165) is 11.1 Å². The summed E-state index contributed by atoms with van der Waals surface area (Å²) in [6.45, 7) is 0. The number of benzene rings is 2. The van der Waals surface area contributed by atoms with Crippen molar-refractivity contribution >= 4 is 11.6 Å². The van der Waals surface area contributed by atoms with E-state index in [-0.39, 0.29) is 5.92 Å². The number of hydrogen-bond donors (Lipinski definition) is 0. The van der Waals surface area contributed by atoms with Crippen molar-refractivity contribution in [2.75, 3.05) is 0 Å². The lowest BCUT2D eigenvalue weighted by Crippen LogP contribution is -2.27. The molecular formula is C18H15Cl. The number of halogens is 1. The van der Waals surface area contributed by atoms with Gasteiger partial charge in [0, 0.05) is 5.92 Å². The van der Waals surface area contributed by atoms with Gasteiger partial charge in [-0.3, -0.25) is 0 Å². The minimum atomic E-state index is -0.536. The summed E-state index contributed by atoms with van der Waals surface area (Å²) in [4.78, 5) is -0.536. The van der Waals surface area contributed by atoms with Crippen LogP contribution in [0, 0.1) is 5.92 Å². The van der Waals surface area contributed by atoms with E-state index in [1.54, 1.807) is 0 Å². The molecule has 0 bridgehead atoms. The highest BCUT2D eigenvalue weighted by molar-refractivity contribution is 6.26. The first kappa shape index (κ1) is 12.3. The molecule has 0 N–H and O–H groups in total. The monoisotopic (exact) mass is 266 g/mol. The Hall–Kier alpha value is -1.79. The summed E-state index contributed by atoms with van der Waals surface area (Å²) in [5.41, 5.74) is 2.26. The second-order valence-electron chi connectivity index (χ2n) is 4.74. The zero-order chi connectivity index (χ0) is 13.1. The van der Waals surface area contributed by atoms with Crippen molar-refractivity contribution in [2.24, 2.45) is 5.92 Å². The lowest BCUT2D eigenvalue weighted by atomic mass is 9.80. The van der Waals surface area contributed by atoms with Gasteiger partial charge in [-0.15, -0.1) is 11.6 Å². The Balaban J connectivity index is 2.16. The van der Waals surface area contributed by atoms with Crippen LogP contribution in [0.25, 0.3) is 0 Å². The topological polar surface area (TPSA) is 0 Å². The van der Waals surface area contributed by atoms with E-state index in [1.807, 2.05) is 36.4 Å². The third kappa shape index (κ3) is 2.13. The van der Waals surface area contributed by atoms with Crippen LogP contribution in [0.4, 0.5) is 0 Å². The second-order valence-corrected chi connectivity index (χ2v) is 5.34. The molecule has 1 heteroatoms. The number of rotatable bonds is 3. The molecule has 1 aliphatic rings. The van der Waals surface area contributed by atoms with Crippen molar-refractivity contribution in [1.29, 1.82) is 0 Å². The highest BCUT2D eigenvalue weighted by Crippen LogP contribution is 2.45. The Labute approximate surface area is 119 Å². The Kier molecular flexibility index (Phi) is 3.27. The zero-order valence-corrected chi connectivity index (χ0v) is 11.3. The Morgan fingerprint density at radius 2 is 1.11 bits per heavy atom. The van der Waals surface area contributed by atoms with Gasteiger partial charge in [0.2, 0.25) is 0 Å². The quantitative estimate of drug-likeness (QED) is 0.693. The fourth-order valence-corrected chi connectivity index (χ4v) is 3.01. The zero-order valence-electron chi connectivity index (χ0n) is 10.5. The molecule has 0 atom stereocenters. The predicted octanol–water partition coefficient (Wildman–Crippen LogP) is 4.91. The van der Waals surface area contributed by atoms with Crippen LogP contribution in [-0.2, 0) is 4.87 Å². The molecule has 0 saturated heterocycles. The number of alkyl halides is 1. The van der Waals surface area contributed by atoms with E-state index in [0.29, 0.717) is 0 Å². The third-order valence-electron chi connectivity index (χ3n) is 3.60. The second kappa shape index (κ2) is 5.07. The molecule has 0 saturated carbocycles. The van der Waals surface area contributed by atoms with E-state index in [2.05, 4.69) is 48.6 Å². The fourth-order valence-electron chi connectivity index (χ4n) is 2.61. The molecule has 0 spiro atoms. The Morgan fingerprint density at radius 3 is 1.53 bits per heavy atom. The van der Waals surface area contributed by atoms with Crippen molar-refractivity contribution in [3.05, 3.63) is 96.1 Å². The molecular weight excluding hydrogens is 252 g/mol. The number of hydrogen-bond acceptors (Lipinski definition) is 0. The van der Waals surface area contributed by atoms with Crippen LogP contribution in [0.5, 0.6) is 0 Å². The molecule has 2 aromatic carbocycles. The standard InChI is InChI=1S/C18H15Cl/c19-18(17-13-7-8-14-17,15-9-3-1-4-10-15)16-11-5-2-6-12-16/h1-14,17H. The van der Waals surface area contributed by atoms with Crippen LogP contribution in [0.3, 0.4) is 0 Å². The van der Waals surface area contributed by atoms with Crippen LogP contribution in [-0.4, -0.2) is 0 Å². The van der Waals surface area contributed by atoms with Crippen LogP contribution in [0.2, 0.25) is 0 Å². The van der Waals surface area contributed by atoms with Gasteiger partial charge in [-0.05, 0) is 11.1 Å². The molecule has 2 aromatic rings. The lowest BCUT2D eigenvalue weighted by Gasteiger charge is -2.32. The molecule has 0 heterocycles. The minimum Gasteiger partial charge on any atom is -0.108 e. The fraction of sp³-hybridized carbons (Fsp3) is 0.111. The van der Waals surface area contributed by atoms with Crippen molar-refractivity contribution in [1.82, 2.24) is 0 Å². The summed E-state index contributed by atoms with van der Waals surface area (Å²) in [6.07, 6.45) is 8.45. The predicted molar refractivity (Wildman–Crippen MR) is 81.3 cm³/mol. The third-order valence-corrected chi connectivity index (χ3v) is 4.28. The molecule has 0 radical (unpaired) electrons. The molecule has 0 fully saturated rings. The van der Waals surface area contributed by atoms with Gasteiger partial charge >= 0.3 is 0 Å². The summed E-state index contributed by atoms with van der Waals surface area (Å²) >= 11 is 7.09. The van der Waals surface area contributed by atoms with Gasteiger partial charge in [-0.1, -0.05) is 85.0 Å². The van der Waals surface area contributed by atoms with Gasteiger partial charge < -0.3 is 0 Å². The Bertz CT molecular complexity index is 545. The van der Waals surface area contributed by atoms with Crippen LogP contribution < -0.4 is 0 Å². The molecule has 0 unspecified atom stereocenters. The van der Waals surface area contributed by atoms with Gasteiger partial charge in [-0.25, -0.2) is 0 Å². The van der Waals surface area contributed by atoms with Crippen molar-refractivity contribution in [3.63, 3.8) is 0 Å². The normalized spacial score (nSPS) is 15.0. The van der Waals surface area contributed by atoms with E-state index in [4.69, 9.17) is 11.6 Å². The first-order valence-corrected chi connectivity index (χ1v) is 6.84. The van der Waals surface area contributed by atoms with Crippen molar-refractivity contribution < 1.29 is 0 Å². The van der Waals surface area contributed by atoms with E-state index in [9.17, 15) is 0 Å². The molecule has 3 rings (SSSR count). The average molecular weight is 267 g/mol. The number of allylic oxidation sites excluding steroid dienone is 4. The summed E-state index contributed by atoms with van der Waals surface area (Å²) in [5, 5.41) is 0. The molecule has 0 amide bonds. The van der Waals surface area contributed by atoms with Gasteiger partial charge in [0.1, 0.15) is 4.87 Å². The van der Waals surface area contributed by atoms with Crippen LogP contribution in [0.15, 0.2) is 85.0 Å². The Morgan fingerprint density at radius 1 is 0.684 bits per heavy atom. The van der Waals surface area contributed by atoms with Crippen molar-refractivity contribution in [3.8, 4) is 0 Å². The summed E-state index contributed by atoms with van der Waals surface area (Å²) in [6, 6.07) is 20.6. The van der Waals surface area contributed by atoms with E-state index >= 15 is 0 Å². The molecule has 1 aliphatic carbocycles. The van der Waals surface area contributed by atoms with Crippen molar-refractivity contribution in [2.45, 2.75) is 4.87 Å². The highest BCUT2D eigenvalue weighted by Gasteiger charge is 2.38. The van der Waals surface area contributed by atoms with Gasteiger partial charge in [0.05, 0.1) is 0 Å². The van der Waals surface area contributed by atoms with Crippen LogP contribution >= 0.6 is 11.6 Å². The SMILES string of the molecule is ClC(c1ccccc1)(c1ccccc1)C1C=CC=C1. The molecule has 0 aromatic heterocycles. The summed E-state index contributed by atoms with van der Waals surface area (Å²) in [5.74, 6) is 0.180.